The number of amides is 1. The third-order valence-electron chi connectivity index (χ3n) is 2.98. The fraction of sp³-hybridized carbons (Fsp3) is 0.500. The van der Waals surface area contributed by atoms with Crippen LogP contribution in [0.5, 0.6) is 0 Å². The minimum Gasteiger partial charge on any atom is -0.342 e. The van der Waals surface area contributed by atoms with E-state index >= 15 is 0 Å². The largest absolute Gasteiger partial charge is 0.342 e. The van der Waals surface area contributed by atoms with Gasteiger partial charge in [0.25, 0.3) is 0 Å². The lowest BCUT2D eigenvalue weighted by atomic mass is 10.1. The molecule has 0 fully saturated rings. The van der Waals surface area contributed by atoms with Crippen LogP contribution in [0.3, 0.4) is 0 Å². The average Bonchev–Trinajstić information content (AvgIpc) is 2.38. The Kier molecular flexibility index (Phi) is 7.21. The van der Waals surface area contributed by atoms with Gasteiger partial charge in [-0.2, -0.15) is 0 Å². The normalized spacial score (nSPS) is 10.5. The standard InChI is InChI=1S/C14H20Cl2N2O/c1-3-18(4-2)14(19)10-17-8-7-11-5-6-12(15)9-13(11)16/h5-6,9,17H,3-4,7-8,10H2,1-2H3. The SMILES string of the molecule is CCN(CC)C(=O)CNCCc1ccc(Cl)cc1Cl. The molecule has 5 heteroatoms. The number of carbonyl (C=O) groups is 1. The Morgan fingerprint density at radius 2 is 1.95 bits per heavy atom. The molecule has 106 valence electrons. The maximum absolute atomic E-state index is 11.7. The van der Waals surface area contributed by atoms with Crippen molar-refractivity contribution in [3.8, 4) is 0 Å². The summed E-state index contributed by atoms with van der Waals surface area (Å²) in [5, 5.41) is 4.45. The van der Waals surface area contributed by atoms with Gasteiger partial charge in [-0.05, 0) is 44.5 Å². The molecule has 0 aromatic heterocycles. The Morgan fingerprint density at radius 1 is 1.26 bits per heavy atom. The maximum atomic E-state index is 11.7. The van der Waals surface area contributed by atoms with E-state index in [9.17, 15) is 4.79 Å². The number of rotatable bonds is 7. The van der Waals surface area contributed by atoms with Crippen LogP contribution in [-0.2, 0) is 11.2 Å². The van der Waals surface area contributed by atoms with Crippen LogP contribution in [0.4, 0.5) is 0 Å². The van der Waals surface area contributed by atoms with E-state index < -0.39 is 0 Å². The molecule has 1 amide bonds. The summed E-state index contributed by atoms with van der Waals surface area (Å²) in [6, 6.07) is 5.47. The van der Waals surface area contributed by atoms with Gasteiger partial charge in [-0.25, -0.2) is 0 Å². The molecule has 1 N–H and O–H groups in total. The van der Waals surface area contributed by atoms with Crippen molar-refractivity contribution in [3.63, 3.8) is 0 Å². The van der Waals surface area contributed by atoms with Crippen LogP contribution in [0, 0.1) is 0 Å². The third kappa shape index (κ3) is 5.39. The molecule has 3 nitrogen and oxygen atoms in total. The first-order valence-corrected chi connectivity index (χ1v) is 7.26. The van der Waals surface area contributed by atoms with Gasteiger partial charge in [0.05, 0.1) is 6.54 Å². The minimum atomic E-state index is 0.132. The first kappa shape index (κ1) is 16.3. The molecule has 0 saturated carbocycles. The van der Waals surface area contributed by atoms with Crippen molar-refractivity contribution in [2.24, 2.45) is 0 Å². The quantitative estimate of drug-likeness (QED) is 0.785. The second kappa shape index (κ2) is 8.41. The molecule has 1 aromatic rings. The van der Waals surface area contributed by atoms with E-state index in [1.807, 2.05) is 30.9 Å². The molecule has 0 spiro atoms. The number of likely N-dealkylation sites (N-methyl/N-ethyl adjacent to an activating group) is 1. The summed E-state index contributed by atoms with van der Waals surface area (Å²) in [5.74, 6) is 0.132. The monoisotopic (exact) mass is 302 g/mol. The number of halogens is 2. The molecule has 0 aliphatic rings. The lowest BCUT2D eigenvalue weighted by molar-refractivity contribution is -0.129. The lowest BCUT2D eigenvalue weighted by Gasteiger charge is -2.18. The highest BCUT2D eigenvalue weighted by Gasteiger charge is 2.08. The average molecular weight is 303 g/mol. The van der Waals surface area contributed by atoms with Crippen LogP contribution < -0.4 is 5.32 Å². The Balaban J connectivity index is 2.33. The molecular weight excluding hydrogens is 283 g/mol. The van der Waals surface area contributed by atoms with Crippen molar-refractivity contribution in [2.75, 3.05) is 26.2 Å². The van der Waals surface area contributed by atoms with Crippen LogP contribution >= 0.6 is 23.2 Å². The summed E-state index contributed by atoms with van der Waals surface area (Å²) in [6.45, 7) is 6.55. The van der Waals surface area contributed by atoms with Crippen LogP contribution in [0.15, 0.2) is 18.2 Å². The molecule has 1 rings (SSSR count). The zero-order valence-electron chi connectivity index (χ0n) is 11.4. The first-order valence-electron chi connectivity index (χ1n) is 6.50. The molecule has 0 atom stereocenters. The van der Waals surface area contributed by atoms with E-state index in [0.29, 0.717) is 23.1 Å². The summed E-state index contributed by atoms with van der Waals surface area (Å²) in [4.78, 5) is 13.6. The highest BCUT2D eigenvalue weighted by Crippen LogP contribution is 2.20. The maximum Gasteiger partial charge on any atom is 0.236 e. The van der Waals surface area contributed by atoms with Crippen molar-refractivity contribution >= 4 is 29.1 Å². The van der Waals surface area contributed by atoms with Gasteiger partial charge in [0, 0.05) is 23.1 Å². The van der Waals surface area contributed by atoms with Crippen LogP contribution in [0.1, 0.15) is 19.4 Å². The molecule has 0 saturated heterocycles. The molecule has 0 unspecified atom stereocenters. The van der Waals surface area contributed by atoms with E-state index in [2.05, 4.69) is 5.32 Å². The summed E-state index contributed by atoms with van der Waals surface area (Å²) in [5.41, 5.74) is 1.04. The van der Waals surface area contributed by atoms with Gasteiger partial charge >= 0.3 is 0 Å². The van der Waals surface area contributed by atoms with Gasteiger partial charge in [-0.1, -0.05) is 29.3 Å². The second-order valence-electron chi connectivity index (χ2n) is 4.23. The summed E-state index contributed by atoms with van der Waals surface area (Å²) in [6.07, 6.45) is 0.779. The summed E-state index contributed by atoms with van der Waals surface area (Å²) in [7, 11) is 0. The molecular formula is C14H20Cl2N2O. The van der Waals surface area contributed by atoms with Crippen molar-refractivity contribution in [1.29, 1.82) is 0 Å². The van der Waals surface area contributed by atoms with Gasteiger partial charge < -0.3 is 10.2 Å². The topological polar surface area (TPSA) is 32.3 Å². The molecule has 0 radical (unpaired) electrons. The summed E-state index contributed by atoms with van der Waals surface area (Å²) < 4.78 is 0. The molecule has 0 heterocycles. The minimum absolute atomic E-state index is 0.132. The fourth-order valence-corrected chi connectivity index (χ4v) is 2.33. The Hall–Kier alpha value is -0.770. The Bertz CT molecular complexity index is 420. The third-order valence-corrected chi connectivity index (χ3v) is 3.57. The van der Waals surface area contributed by atoms with Crippen LogP contribution in [-0.4, -0.2) is 37.0 Å². The Labute approximate surface area is 124 Å². The van der Waals surface area contributed by atoms with Gasteiger partial charge in [0.1, 0.15) is 0 Å². The van der Waals surface area contributed by atoms with Gasteiger partial charge in [-0.3, -0.25) is 4.79 Å². The molecule has 0 aliphatic carbocycles. The first-order chi connectivity index (χ1) is 9.08. The fourth-order valence-electron chi connectivity index (χ4n) is 1.83. The highest BCUT2D eigenvalue weighted by atomic mass is 35.5. The summed E-state index contributed by atoms with van der Waals surface area (Å²) >= 11 is 11.9. The smallest absolute Gasteiger partial charge is 0.236 e. The number of benzene rings is 1. The predicted molar refractivity (Wildman–Crippen MR) is 81.0 cm³/mol. The second-order valence-corrected chi connectivity index (χ2v) is 5.07. The van der Waals surface area contributed by atoms with E-state index in [4.69, 9.17) is 23.2 Å². The lowest BCUT2D eigenvalue weighted by Crippen LogP contribution is -2.38. The number of carbonyl (C=O) groups excluding carboxylic acids is 1. The number of nitrogens with zero attached hydrogens (tertiary/aromatic N) is 1. The molecule has 0 bridgehead atoms. The number of hydrogen-bond donors (Lipinski definition) is 1. The molecule has 0 aliphatic heterocycles. The van der Waals surface area contributed by atoms with Crippen molar-refractivity contribution < 1.29 is 4.79 Å². The van der Waals surface area contributed by atoms with Gasteiger partial charge in [0.2, 0.25) is 5.91 Å². The zero-order chi connectivity index (χ0) is 14.3. The van der Waals surface area contributed by atoms with E-state index in [1.165, 1.54) is 0 Å². The van der Waals surface area contributed by atoms with Crippen molar-refractivity contribution in [2.45, 2.75) is 20.3 Å². The van der Waals surface area contributed by atoms with Gasteiger partial charge in [-0.15, -0.1) is 0 Å². The molecule has 1 aromatic carbocycles. The number of nitrogens with one attached hydrogen (secondary N) is 1. The highest BCUT2D eigenvalue weighted by molar-refractivity contribution is 6.35. The van der Waals surface area contributed by atoms with Crippen LogP contribution in [0.25, 0.3) is 0 Å². The van der Waals surface area contributed by atoms with Gasteiger partial charge in [0.15, 0.2) is 0 Å². The zero-order valence-corrected chi connectivity index (χ0v) is 12.9. The Morgan fingerprint density at radius 3 is 2.53 bits per heavy atom. The van der Waals surface area contributed by atoms with E-state index in [1.54, 1.807) is 6.07 Å². The number of hydrogen-bond acceptors (Lipinski definition) is 2. The van der Waals surface area contributed by atoms with Crippen molar-refractivity contribution in [1.82, 2.24) is 10.2 Å². The van der Waals surface area contributed by atoms with Crippen molar-refractivity contribution in [3.05, 3.63) is 33.8 Å². The molecule has 19 heavy (non-hydrogen) atoms. The predicted octanol–water partition coefficient (Wildman–Crippen LogP) is 2.99. The van der Waals surface area contributed by atoms with E-state index in [0.717, 1.165) is 25.1 Å². The van der Waals surface area contributed by atoms with E-state index in [-0.39, 0.29) is 5.91 Å². The van der Waals surface area contributed by atoms with Crippen LogP contribution in [0.2, 0.25) is 10.0 Å².